The predicted molar refractivity (Wildman–Crippen MR) is 87.5 cm³/mol. The second-order valence-corrected chi connectivity index (χ2v) is 7.10. The Kier molecular flexibility index (Phi) is 4.10. The van der Waals surface area contributed by atoms with Gasteiger partial charge in [-0.3, -0.25) is 14.9 Å². The van der Waals surface area contributed by atoms with Crippen LogP contribution < -0.4 is 0 Å². The third-order valence-electron chi connectivity index (χ3n) is 5.16. The number of nitro benzene ring substituents is 1. The summed E-state index contributed by atoms with van der Waals surface area (Å²) in [5.74, 6) is -0.203. The average Bonchev–Trinajstić information content (AvgIpc) is 2.89. The van der Waals surface area contributed by atoms with Gasteiger partial charge in [-0.05, 0) is 51.4 Å². The van der Waals surface area contributed by atoms with Crippen molar-refractivity contribution in [2.24, 2.45) is 5.41 Å². The molecule has 124 valence electrons. The van der Waals surface area contributed by atoms with Gasteiger partial charge in [0.2, 0.25) is 0 Å². The van der Waals surface area contributed by atoms with Crippen LogP contribution in [-0.4, -0.2) is 53.9 Å². The summed E-state index contributed by atoms with van der Waals surface area (Å²) in [6, 6.07) is 4.75. The Labute approximate surface area is 136 Å². The standard InChI is InChI=1S/C17H23N3O3/c1-13-4-5-15(20(22)23)14(10-13)16(21)19-9-7-17(12-19)6-3-8-18(2)11-17/h4-5,10H,3,6-9,11-12H2,1-2H3/t17-/m0/s1. The summed E-state index contributed by atoms with van der Waals surface area (Å²) in [6.07, 6.45) is 3.28. The van der Waals surface area contributed by atoms with Crippen molar-refractivity contribution in [3.63, 3.8) is 0 Å². The molecule has 0 radical (unpaired) electrons. The number of hydrogen-bond donors (Lipinski definition) is 0. The highest BCUT2D eigenvalue weighted by Crippen LogP contribution is 2.39. The van der Waals surface area contributed by atoms with E-state index >= 15 is 0 Å². The van der Waals surface area contributed by atoms with Gasteiger partial charge in [-0.2, -0.15) is 0 Å². The van der Waals surface area contributed by atoms with Crippen LogP contribution in [0.3, 0.4) is 0 Å². The molecule has 1 spiro atoms. The van der Waals surface area contributed by atoms with E-state index in [0.29, 0.717) is 13.1 Å². The molecule has 1 aromatic rings. The van der Waals surface area contributed by atoms with Crippen molar-refractivity contribution < 1.29 is 9.72 Å². The smallest absolute Gasteiger partial charge is 0.282 e. The monoisotopic (exact) mass is 317 g/mol. The molecule has 2 saturated heterocycles. The quantitative estimate of drug-likeness (QED) is 0.621. The lowest BCUT2D eigenvalue weighted by atomic mass is 9.79. The SMILES string of the molecule is Cc1ccc([N+](=O)[O-])c(C(=O)N2CC[C@]3(CCCN(C)C3)C2)c1. The molecule has 2 fully saturated rings. The second kappa shape index (κ2) is 5.92. The Morgan fingerprint density at radius 2 is 2.04 bits per heavy atom. The zero-order valence-corrected chi connectivity index (χ0v) is 13.7. The zero-order chi connectivity index (χ0) is 16.6. The van der Waals surface area contributed by atoms with E-state index < -0.39 is 4.92 Å². The van der Waals surface area contributed by atoms with Crippen molar-refractivity contribution >= 4 is 11.6 Å². The molecule has 1 atom stereocenters. The number of nitro groups is 1. The highest BCUT2D eigenvalue weighted by Gasteiger charge is 2.42. The summed E-state index contributed by atoms with van der Waals surface area (Å²) in [5, 5.41) is 11.2. The summed E-state index contributed by atoms with van der Waals surface area (Å²) >= 11 is 0. The lowest BCUT2D eigenvalue weighted by molar-refractivity contribution is -0.385. The van der Waals surface area contributed by atoms with Gasteiger partial charge in [0.15, 0.2) is 0 Å². The van der Waals surface area contributed by atoms with Crippen molar-refractivity contribution in [2.45, 2.75) is 26.2 Å². The lowest BCUT2D eigenvalue weighted by Gasteiger charge is -2.38. The Bertz CT molecular complexity index is 646. The normalized spacial score (nSPS) is 25.0. The van der Waals surface area contributed by atoms with E-state index in [1.807, 2.05) is 6.92 Å². The number of carbonyl (C=O) groups excluding carboxylic acids is 1. The Morgan fingerprint density at radius 1 is 1.26 bits per heavy atom. The van der Waals surface area contributed by atoms with Gasteiger partial charge in [-0.15, -0.1) is 0 Å². The maximum absolute atomic E-state index is 12.8. The molecular formula is C17H23N3O3. The minimum Gasteiger partial charge on any atom is -0.338 e. The third-order valence-corrected chi connectivity index (χ3v) is 5.16. The van der Waals surface area contributed by atoms with Crippen LogP contribution >= 0.6 is 0 Å². The first-order valence-electron chi connectivity index (χ1n) is 8.13. The number of piperidine rings is 1. The van der Waals surface area contributed by atoms with Crippen molar-refractivity contribution in [3.05, 3.63) is 39.4 Å². The molecule has 2 heterocycles. The van der Waals surface area contributed by atoms with Crippen LogP contribution in [0.4, 0.5) is 5.69 Å². The molecule has 3 rings (SSSR count). The fraction of sp³-hybridized carbons (Fsp3) is 0.588. The second-order valence-electron chi connectivity index (χ2n) is 7.10. The Balaban J connectivity index is 1.82. The highest BCUT2D eigenvalue weighted by molar-refractivity contribution is 5.98. The molecule has 0 aliphatic carbocycles. The van der Waals surface area contributed by atoms with Gasteiger partial charge in [0, 0.05) is 31.1 Å². The van der Waals surface area contributed by atoms with E-state index in [9.17, 15) is 14.9 Å². The van der Waals surface area contributed by atoms with Gasteiger partial charge >= 0.3 is 0 Å². The van der Waals surface area contributed by atoms with Gasteiger partial charge in [0.1, 0.15) is 5.56 Å². The van der Waals surface area contributed by atoms with Crippen molar-refractivity contribution in [1.29, 1.82) is 0 Å². The number of amides is 1. The maximum atomic E-state index is 12.8. The van der Waals surface area contributed by atoms with E-state index in [1.54, 1.807) is 17.0 Å². The van der Waals surface area contributed by atoms with Crippen LogP contribution in [0.25, 0.3) is 0 Å². The maximum Gasteiger partial charge on any atom is 0.282 e. The molecule has 23 heavy (non-hydrogen) atoms. The summed E-state index contributed by atoms with van der Waals surface area (Å²) in [7, 11) is 2.12. The van der Waals surface area contributed by atoms with Crippen LogP contribution in [0, 0.1) is 22.5 Å². The van der Waals surface area contributed by atoms with E-state index in [1.165, 1.54) is 6.07 Å². The summed E-state index contributed by atoms with van der Waals surface area (Å²) in [6.45, 7) is 5.37. The van der Waals surface area contributed by atoms with E-state index in [4.69, 9.17) is 0 Å². The molecule has 1 amide bonds. The predicted octanol–water partition coefficient (Wildman–Crippen LogP) is 2.46. The molecule has 0 aromatic heterocycles. The van der Waals surface area contributed by atoms with Gasteiger partial charge in [-0.25, -0.2) is 0 Å². The number of nitrogens with zero attached hydrogens (tertiary/aromatic N) is 3. The van der Waals surface area contributed by atoms with Crippen LogP contribution in [0.1, 0.15) is 35.2 Å². The number of rotatable bonds is 2. The molecule has 2 aliphatic rings. The van der Waals surface area contributed by atoms with Gasteiger partial charge in [0.25, 0.3) is 11.6 Å². The number of carbonyl (C=O) groups is 1. The van der Waals surface area contributed by atoms with Crippen molar-refractivity contribution in [1.82, 2.24) is 9.80 Å². The number of aryl methyl sites for hydroxylation is 1. The van der Waals surface area contributed by atoms with Gasteiger partial charge in [-0.1, -0.05) is 6.07 Å². The van der Waals surface area contributed by atoms with Gasteiger partial charge < -0.3 is 9.80 Å². The average molecular weight is 317 g/mol. The summed E-state index contributed by atoms with van der Waals surface area (Å²) in [4.78, 5) is 27.7. The minimum absolute atomic E-state index is 0.0951. The molecule has 6 nitrogen and oxygen atoms in total. The topological polar surface area (TPSA) is 66.7 Å². The molecule has 1 aromatic carbocycles. The molecule has 6 heteroatoms. The van der Waals surface area contributed by atoms with E-state index in [2.05, 4.69) is 11.9 Å². The minimum atomic E-state index is -0.465. The van der Waals surface area contributed by atoms with Crippen LogP contribution in [-0.2, 0) is 0 Å². The van der Waals surface area contributed by atoms with Crippen LogP contribution in [0.2, 0.25) is 0 Å². The van der Waals surface area contributed by atoms with Crippen molar-refractivity contribution in [2.75, 3.05) is 33.2 Å². The first kappa shape index (κ1) is 15.9. The molecule has 2 aliphatic heterocycles. The first-order valence-corrected chi connectivity index (χ1v) is 8.13. The largest absolute Gasteiger partial charge is 0.338 e. The molecule has 0 N–H and O–H groups in total. The van der Waals surface area contributed by atoms with Crippen LogP contribution in [0.15, 0.2) is 18.2 Å². The number of benzene rings is 1. The number of likely N-dealkylation sites (tertiary alicyclic amines) is 2. The van der Waals surface area contributed by atoms with E-state index in [-0.39, 0.29) is 22.6 Å². The zero-order valence-electron chi connectivity index (χ0n) is 13.7. The molecule has 0 bridgehead atoms. The molecular weight excluding hydrogens is 294 g/mol. The lowest BCUT2D eigenvalue weighted by Crippen LogP contribution is -2.43. The van der Waals surface area contributed by atoms with Gasteiger partial charge in [0.05, 0.1) is 4.92 Å². The number of hydrogen-bond acceptors (Lipinski definition) is 4. The van der Waals surface area contributed by atoms with Crippen molar-refractivity contribution in [3.8, 4) is 0 Å². The fourth-order valence-electron chi connectivity index (χ4n) is 4.05. The Morgan fingerprint density at radius 3 is 2.74 bits per heavy atom. The molecule has 0 saturated carbocycles. The first-order chi connectivity index (χ1) is 10.9. The van der Waals surface area contributed by atoms with Crippen LogP contribution in [0.5, 0.6) is 0 Å². The summed E-state index contributed by atoms with van der Waals surface area (Å²) in [5.41, 5.74) is 1.16. The summed E-state index contributed by atoms with van der Waals surface area (Å²) < 4.78 is 0. The van der Waals surface area contributed by atoms with E-state index in [0.717, 1.165) is 37.9 Å². The fourth-order valence-corrected chi connectivity index (χ4v) is 4.05. The molecule has 0 unspecified atom stereocenters. The Hall–Kier alpha value is -1.95. The third kappa shape index (κ3) is 3.08. The highest BCUT2D eigenvalue weighted by atomic mass is 16.6.